The molecule has 2 rings (SSSR count). The SMILES string of the molecule is Cc1cc2cc(C(=O)O)cnc2cc1C. The van der Waals surface area contributed by atoms with Gasteiger partial charge in [-0.25, -0.2) is 4.79 Å². The Balaban J connectivity index is 2.72. The summed E-state index contributed by atoms with van der Waals surface area (Å²) < 4.78 is 0. The molecule has 3 heteroatoms. The van der Waals surface area contributed by atoms with E-state index in [1.165, 1.54) is 6.20 Å². The molecule has 1 N–H and O–H groups in total. The Morgan fingerprint density at radius 2 is 1.87 bits per heavy atom. The van der Waals surface area contributed by atoms with Crippen molar-refractivity contribution < 1.29 is 9.90 Å². The van der Waals surface area contributed by atoms with Crippen LogP contribution in [0.4, 0.5) is 0 Å². The molecule has 0 saturated carbocycles. The van der Waals surface area contributed by atoms with E-state index in [0.717, 1.165) is 22.0 Å². The lowest BCUT2D eigenvalue weighted by molar-refractivity contribution is 0.0696. The lowest BCUT2D eigenvalue weighted by atomic mass is 10.1. The van der Waals surface area contributed by atoms with Gasteiger partial charge in [0.15, 0.2) is 0 Å². The van der Waals surface area contributed by atoms with Gasteiger partial charge in [0.05, 0.1) is 11.1 Å². The van der Waals surface area contributed by atoms with Crippen LogP contribution in [0, 0.1) is 13.8 Å². The number of fused-ring (bicyclic) bond motifs is 1. The molecule has 0 aliphatic rings. The lowest BCUT2D eigenvalue weighted by Gasteiger charge is -2.03. The Kier molecular flexibility index (Phi) is 2.15. The summed E-state index contributed by atoms with van der Waals surface area (Å²) in [6, 6.07) is 5.58. The first kappa shape index (κ1) is 9.65. The van der Waals surface area contributed by atoms with E-state index in [2.05, 4.69) is 4.98 Å². The summed E-state index contributed by atoms with van der Waals surface area (Å²) >= 11 is 0. The van der Waals surface area contributed by atoms with Gasteiger partial charge in [0, 0.05) is 11.6 Å². The topological polar surface area (TPSA) is 50.2 Å². The monoisotopic (exact) mass is 201 g/mol. The minimum absolute atomic E-state index is 0.228. The van der Waals surface area contributed by atoms with Crippen molar-refractivity contribution in [2.75, 3.05) is 0 Å². The molecule has 76 valence electrons. The molecular formula is C12H11NO2. The van der Waals surface area contributed by atoms with Gasteiger partial charge in [0.25, 0.3) is 0 Å². The number of carbonyl (C=O) groups is 1. The fraction of sp³-hybridized carbons (Fsp3) is 0.167. The second-order valence-corrected chi connectivity index (χ2v) is 3.66. The molecule has 2 aromatic rings. The number of aryl methyl sites for hydroxylation is 2. The van der Waals surface area contributed by atoms with Gasteiger partial charge in [-0.1, -0.05) is 0 Å². The molecule has 1 aromatic heterocycles. The molecule has 3 nitrogen and oxygen atoms in total. The van der Waals surface area contributed by atoms with Gasteiger partial charge in [-0.05, 0) is 43.2 Å². The summed E-state index contributed by atoms with van der Waals surface area (Å²) in [5.41, 5.74) is 3.37. The predicted molar refractivity (Wildman–Crippen MR) is 58.2 cm³/mol. The van der Waals surface area contributed by atoms with Crippen LogP contribution >= 0.6 is 0 Å². The molecule has 0 fully saturated rings. The van der Waals surface area contributed by atoms with E-state index in [1.807, 2.05) is 26.0 Å². The first-order valence-electron chi connectivity index (χ1n) is 4.68. The summed E-state index contributed by atoms with van der Waals surface area (Å²) in [5, 5.41) is 9.70. The molecule has 0 saturated heterocycles. The van der Waals surface area contributed by atoms with Crippen LogP contribution in [0.1, 0.15) is 21.5 Å². The Hall–Kier alpha value is -1.90. The zero-order valence-electron chi connectivity index (χ0n) is 8.61. The quantitative estimate of drug-likeness (QED) is 0.771. The van der Waals surface area contributed by atoms with Crippen LogP contribution in [0.25, 0.3) is 10.9 Å². The normalized spacial score (nSPS) is 10.5. The van der Waals surface area contributed by atoms with Crippen molar-refractivity contribution in [3.8, 4) is 0 Å². The van der Waals surface area contributed by atoms with Gasteiger partial charge in [0.2, 0.25) is 0 Å². The van der Waals surface area contributed by atoms with Crippen molar-refractivity contribution in [2.24, 2.45) is 0 Å². The van der Waals surface area contributed by atoms with Crippen LogP contribution in [0.15, 0.2) is 24.4 Å². The first-order valence-corrected chi connectivity index (χ1v) is 4.68. The molecule has 0 aliphatic heterocycles. The van der Waals surface area contributed by atoms with E-state index in [1.54, 1.807) is 6.07 Å². The summed E-state index contributed by atoms with van der Waals surface area (Å²) in [6.07, 6.45) is 1.39. The Morgan fingerprint density at radius 3 is 2.53 bits per heavy atom. The Morgan fingerprint density at radius 1 is 1.20 bits per heavy atom. The van der Waals surface area contributed by atoms with E-state index in [-0.39, 0.29) is 5.56 Å². The molecule has 15 heavy (non-hydrogen) atoms. The van der Waals surface area contributed by atoms with Crippen molar-refractivity contribution in [1.29, 1.82) is 0 Å². The largest absolute Gasteiger partial charge is 0.478 e. The standard InChI is InChI=1S/C12H11NO2/c1-7-3-9-5-10(12(14)15)6-13-11(9)4-8(7)2/h3-6H,1-2H3,(H,14,15). The molecule has 0 spiro atoms. The van der Waals surface area contributed by atoms with E-state index in [4.69, 9.17) is 5.11 Å². The van der Waals surface area contributed by atoms with Crippen LogP contribution in [0.5, 0.6) is 0 Å². The maximum Gasteiger partial charge on any atom is 0.337 e. The van der Waals surface area contributed by atoms with E-state index < -0.39 is 5.97 Å². The lowest BCUT2D eigenvalue weighted by Crippen LogP contribution is -1.97. The number of aromatic carboxylic acids is 1. The van der Waals surface area contributed by atoms with Gasteiger partial charge in [-0.3, -0.25) is 4.98 Å². The average molecular weight is 201 g/mol. The van der Waals surface area contributed by atoms with Crippen LogP contribution in [0.2, 0.25) is 0 Å². The highest BCUT2D eigenvalue weighted by Crippen LogP contribution is 2.18. The first-order chi connectivity index (χ1) is 7.08. The number of nitrogens with zero attached hydrogens (tertiary/aromatic N) is 1. The Labute approximate surface area is 87.4 Å². The van der Waals surface area contributed by atoms with Crippen LogP contribution < -0.4 is 0 Å². The fourth-order valence-corrected chi connectivity index (χ4v) is 1.51. The van der Waals surface area contributed by atoms with Crippen molar-refractivity contribution in [3.05, 3.63) is 41.1 Å². The van der Waals surface area contributed by atoms with Crippen molar-refractivity contribution in [2.45, 2.75) is 13.8 Å². The molecule has 0 atom stereocenters. The highest BCUT2D eigenvalue weighted by Gasteiger charge is 2.05. The number of rotatable bonds is 1. The molecule has 1 aromatic carbocycles. The zero-order valence-corrected chi connectivity index (χ0v) is 8.61. The second kappa shape index (κ2) is 3.35. The molecule has 0 aliphatic carbocycles. The molecule has 0 unspecified atom stereocenters. The summed E-state index contributed by atoms with van der Waals surface area (Å²) in [7, 11) is 0. The number of pyridine rings is 1. The zero-order chi connectivity index (χ0) is 11.0. The summed E-state index contributed by atoms with van der Waals surface area (Å²) in [4.78, 5) is 14.9. The molecule has 0 bridgehead atoms. The third-order valence-electron chi connectivity index (χ3n) is 2.54. The third-order valence-corrected chi connectivity index (χ3v) is 2.54. The van der Waals surface area contributed by atoms with Gasteiger partial charge < -0.3 is 5.11 Å². The number of hydrogen-bond donors (Lipinski definition) is 1. The van der Waals surface area contributed by atoms with Crippen molar-refractivity contribution in [1.82, 2.24) is 4.98 Å². The molecule has 0 radical (unpaired) electrons. The third kappa shape index (κ3) is 1.68. The number of carboxylic acid groups (broad SMARTS) is 1. The van der Waals surface area contributed by atoms with Gasteiger partial charge in [-0.15, -0.1) is 0 Å². The maximum atomic E-state index is 10.8. The van der Waals surface area contributed by atoms with Crippen LogP contribution in [-0.2, 0) is 0 Å². The van der Waals surface area contributed by atoms with E-state index >= 15 is 0 Å². The highest BCUT2D eigenvalue weighted by molar-refractivity contribution is 5.92. The summed E-state index contributed by atoms with van der Waals surface area (Å²) in [5.74, 6) is -0.942. The van der Waals surface area contributed by atoms with Crippen molar-refractivity contribution in [3.63, 3.8) is 0 Å². The number of carboxylic acids is 1. The number of aromatic nitrogens is 1. The van der Waals surface area contributed by atoms with E-state index in [0.29, 0.717) is 0 Å². The predicted octanol–water partition coefficient (Wildman–Crippen LogP) is 2.55. The van der Waals surface area contributed by atoms with Gasteiger partial charge >= 0.3 is 5.97 Å². The van der Waals surface area contributed by atoms with E-state index in [9.17, 15) is 4.79 Å². The highest BCUT2D eigenvalue weighted by atomic mass is 16.4. The average Bonchev–Trinajstić information content (AvgIpc) is 2.19. The minimum atomic E-state index is -0.942. The second-order valence-electron chi connectivity index (χ2n) is 3.66. The summed E-state index contributed by atoms with van der Waals surface area (Å²) in [6.45, 7) is 4.02. The van der Waals surface area contributed by atoms with Crippen LogP contribution in [0.3, 0.4) is 0 Å². The molecular weight excluding hydrogens is 190 g/mol. The molecule has 0 amide bonds. The molecule has 1 heterocycles. The van der Waals surface area contributed by atoms with Gasteiger partial charge in [0.1, 0.15) is 0 Å². The fourth-order valence-electron chi connectivity index (χ4n) is 1.51. The minimum Gasteiger partial charge on any atom is -0.478 e. The smallest absolute Gasteiger partial charge is 0.337 e. The number of benzene rings is 1. The van der Waals surface area contributed by atoms with Gasteiger partial charge in [-0.2, -0.15) is 0 Å². The van der Waals surface area contributed by atoms with Crippen LogP contribution in [-0.4, -0.2) is 16.1 Å². The van der Waals surface area contributed by atoms with Crippen molar-refractivity contribution >= 4 is 16.9 Å². The Bertz CT molecular complexity index is 547. The number of hydrogen-bond acceptors (Lipinski definition) is 2. The maximum absolute atomic E-state index is 10.8.